The summed E-state index contributed by atoms with van der Waals surface area (Å²) in [6.07, 6.45) is 0. The van der Waals surface area contributed by atoms with Gasteiger partial charge in [-0.25, -0.2) is 0 Å². The second-order valence-electron chi connectivity index (χ2n) is 3.72. The van der Waals surface area contributed by atoms with Gasteiger partial charge >= 0.3 is 0 Å². The molecular weight excluding hydrogens is 209 g/mol. The predicted octanol–water partition coefficient (Wildman–Crippen LogP) is 3.21. The fraction of sp³-hybridized carbons (Fsp3) is 1.00. The van der Waals surface area contributed by atoms with Crippen LogP contribution in [0.5, 0.6) is 0 Å². The maximum absolute atomic E-state index is 5.64. The zero-order valence-corrected chi connectivity index (χ0v) is 10.5. The lowest BCUT2D eigenvalue weighted by Crippen LogP contribution is -2.19. The van der Waals surface area contributed by atoms with E-state index in [1.165, 1.54) is 5.00 Å². The van der Waals surface area contributed by atoms with Crippen LogP contribution in [-0.4, -0.2) is 18.2 Å². The van der Waals surface area contributed by atoms with Gasteiger partial charge in [-0.05, 0) is 16.8 Å². The van der Waals surface area contributed by atoms with Gasteiger partial charge in [0.1, 0.15) is 8.08 Å². The molecule has 0 amide bonds. The average Bonchev–Trinajstić information content (AvgIpc) is 2.04. The molecule has 0 saturated heterocycles. The lowest BCUT2D eigenvalue weighted by atomic mass is 10.2. The SMILES string of the molecule is CC(C)CON(OCC(C)C)PCl. The smallest absolute Gasteiger partial charge is 0.107 e. The third-order valence-electron chi connectivity index (χ3n) is 1.12. The van der Waals surface area contributed by atoms with Gasteiger partial charge in [0, 0.05) is 0 Å². The monoisotopic (exact) mass is 227 g/mol. The van der Waals surface area contributed by atoms with E-state index in [4.69, 9.17) is 20.9 Å². The van der Waals surface area contributed by atoms with Crippen molar-refractivity contribution >= 4 is 19.3 Å². The number of halogens is 1. The summed E-state index contributed by atoms with van der Waals surface area (Å²) >= 11 is 5.64. The van der Waals surface area contributed by atoms with E-state index < -0.39 is 0 Å². The Hall–Kier alpha value is 0.600. The van der Waals surface area contributed by atoms with Crippen LogP contribution in [0.25, 0.3) is 0 Å². The third kappa shape index (κ3) is 8.92. The lowest BCUT2D eigenvalue weighted by Gasteiger charge is -2.19. The molecular formula is C8H19ClNO2P. The van der Waals surface area contributed by atoms with E-state index in [0.717, 1.165) is 0 Å². The summed E-state index contributed by atoms with van der Waals surface area (Å²) in [5.74, 6) is 0.969. The van der Waals surface area contributed by atoms with Crippen molar-refractivity contribution in [3.8, 4) is 0 Å². The van der Waals surface area contributed by atoms with E-state index in [1.807, 2.05) is 0 Å². The van der Waals surface area contributed by atoms with Gasteiger partial charge in [0.15, 0.2) is 0 Å². The Morgan fingerprint density at radius 3 is 1.69 bits per heavy atom. The molecule has 0 aromatic rings. The van der Waals surface area contributed by atoms with Crippen LogP contribution in [0.1, 0.15) is 27.7 Å². The molecule has 0 spiro atoms. The van der Waals surface area contributed by atoms with Crippen molar-refractivity contribution in [2.24, 2.45) is 11.8 Å². The molecule has 0 aromatic carbocycles. The van der Waals surface area contributed by atoms with Gasteiger partial charge < -0.3 is 0 Å². The van der Waals surface area contributed by atoms with E-state index in [0.29, 0.717) is 25.0 Å². The van der Waals surface area contributed by atoms with Crippen molar-refractivity contribution in [1.29, 1.82) is 0 Å². The molecule has 0 N–H and O–H groups in total. The Morgan fingerprint density at radius 2 is 1.46 bits per heavy atom. The Labute approximate surface area is 87.3 Å². The number of hydrogen-bond acceptors (Lipinski definition) is 3. The van der Waals surface area contributed by atoms with Crippen LogP contribution in [0.15, 0.2) is 0 Å². The summed E-state index contributed by atoms with van der Waals surface area (Å²) < 4.78 is 0. The molecule has 13 heavy (non-hydrogen) atoms. The molecule has 80 valence electrons. The quantitative estimate of drug-likeness (QED) is 0.493. The molecule has 0 aliphatic rings. The molecule has 0 saturated carbocycles. The second-order valence-corrected chi connectivity index (χ2v) is 4.76. The second kappa shape index (κ2) is 7.95. The first-order valence-corrected chi connectivity index (χ1v) is 6.44. The van der Waals surface area contributed by atoms with Crippen LogP contribution in [0.4, 0.5) is 0 Å². The maximum Gasteiger partial charge on any atom is 0.107 e. The topological polar surface area (TPSA) is 21.7 Å². The highest BCUT2D eigenvalue weighted by atomic mass is 35.7. The first kappa shape index (κ1) is 13.6. The standard InChI is InChI=1S/C8H19ClNO2P/c1-7(2)5-11-10(13-9)12-6-8(3)4/h7-8,13H,5-6H2,1-4H3. The summed E-state index contributed by atoms with van der Waals surface area (Å²) in [5, 5.41) is 0. The Morgan fingerprint density at radius 1 is 1.08 bits per heavy atom. The molecule has 0 radical (unpaired) electrons. The van der Waals surface area contributed by atoms with Crippen LogP contribution in [0.3, 0.4) is 0 Å². The number of nitrogens with zero attached hydrogens (tertiary/aromatic N) is 1. The molecule has 0 rings (SSSR count). The maximum atomic E-state index is 5.64. The molecule has 1 atom stereocenters. The first-order chi connectivity index (χ1) is 6.06. The number of rotatable bonds is 7. The van der Waals surface area contributed by atoms with Gasteiger partial charge in [-0.1, -0.05) is 38.9 Å². The van der Waals surface area contributed by atoms with Crippen molar-refractivity contribution in [3.63, 3.8) is 0 Å². The van der Waals surface area contributed by atoms with E-state index in [-0.39, 0.29) is 8.08 Å². The van der Waals surface area contributed by atoms with Gasteiger partial charge in [-0.3, -0.25) is 9.68 Å². The van der Waals surface area contributed by atoms with Gasteiger partial charge in [0.05, 0.1) is 13.2 Å². The highest BCUT2D eigenvalue weighted by molar-refractivity contribution is 7.66. The molecule has 1 unspecified atom stereocenters. The molecule has 0 aliphatic heterocycles. The largest absolute Gasteiger partial charge is 0.270 e. The fourth-order valence-electron chi connectivity index (χ4n) is 0.520. The molecule has 0 aromatic heterocycles. The van der Waals surface area contributed by atoms with Gasteiger partial charge in [-0.2, -0.15) is 0 Å². The third-order valence-corrected chi connectivity index (χ3v) is 1.93. The van der Waals surface area contributed by atoms with Crippen LogP contribution in [-0.2, 0) is 9.68 Å². The van der Waals surface area contributed by atoms with Gasteiger partial charge in [0.25, 0.3) is 0 Å². The number of hydrogen-bond donors (Lipinski definition) is 0. The molecule has 0 heterocycles. The zero-order valence-electron chi connectivity index (χ0n) is 8.71. The normalized spacial score (nSPS) is 12.9. The van der Waals surface area contributed by atoms with E-state index in [9.17, 15) is 0 Å². The Balaban J connectivity index is 3.51. The molecule has 3 nitrogen and oxygen atoms in total. The molecule has 0 aliphatic carbocycles. The van der Waals surface area contributed by atoms with Crippen LogP contribution < -0.4 is 0 Å². The summed E-state index contributed by atoms with van der Waals surface area (Å²) in [5.41, 5.74) is 0. The molecule has 5 heteroatoms. The van der Waals surface area contributed by atoms with E-state index in [2.05, 4.69) is 27.7 Å². The Kier molecular flexibility index (Phi) is 8.32. The van der Waals surface area contributed by atoms with E-state index >= 15 is 0 Å². The predicted molar refractivity (Wildman–Crippen MR) is 57.6 cm³/mol. The lowest BCUT2D eigenvalue weighted by molar-refractivity contribution is -0.303. The minimum Gasteiger partial charge on any atom is -0.270 e. The summed E-state index contributed by atoms with van der Waals surface area (Å²) in [7, 11) is 0.00907. The average molecular weight is 228 g/mol. The van der Waals surface area contributed by atoms with Crippen LogP contribution in [0.2, 0.25) is 0 Å². The minimum atomic E-state index is 0.00907. The summed E-state index contributed by atoms with van der Waals surface area (Å²) in [6.45, 7) is 9.60. The minimum absolute atomic E-state index is 0.00907. The van der Waals surface area contributed by atoms with Crippen molar-refractivity contribution in [2.45, 2.75) is 27.7 Å². The molecule has 0 fully saturated rings. The van der Waals surface area contributed by atoms with Gasteiger partial charge in [0.2, 0.25) is 0 Å². The fourth-order valence-corrected chi connectivity index (χ4v) is 1.06. The van der Waals surface area contributed by atoms with Crippen molar-refractivity contribution in [1.82, 2.24) is 5.00 Å². The van der Waals surface area contributed by atoms with Crippen molar-refractivity contribution in [3.05, 3.63) is 0 Å². The highest BCUT2D eigenvalue weighted by Gasteiger charge is 2.06. The highest BCUT2D eigenvalue weighted by Crippen LogP contribution is 2.24. The first-order valence-electron chi connectivity index (χ1n) is 4.48. The van der Waals surface area contributed by atoms with Gasteiger partial charge in [-0.15, -0.1) is 0 Å². The summed E-state index contributed by atoms with van der Waals surface area (Å²) in [4.78, 5) is 12.0. The van der Waals surface area contributed by atoms with Crippen molar-refractivity contribution in [2.75, 3.05) is 13.2 Å². The van der Waals surface area contributed by atoms with Crippen LogP contribution >= 0.6 is 19.3 Å². The Bertz CT molecular complexity index is 113. The van der Waals surface area contributed by atoms with E-state index in [1.54, 1.807) is 0 Å². The summed E-state index contributed by atoms with van der Waals surface area (Å²) in [6, 6.07) is 0. The zero-order chi connectivity index (χ0) is 10.3. The van der Waals surface area contributed by atoms with Crippen LogP contribution in [0, 0.1) is 11.8 Å². The van der Waals surface area contributed by atoms with Crippen molar-refractivity contribution < 1.29 is 9.68 Å². The molecule has 0 bridgehead atoms.